The van der Waals surface area contributed by atoms with Crippen molar-refractivity contribution < 1.29 is 14.2 Å². The summed E-state index contributed by atoms with van der Waals surface area (Å²) in [4.78, 5) is 15.5. The molecule has 0 aliphatic carbocycles. The van der Waals surface area contributed by atoms with E-state index >= 15 is 0 Å². The van der Waals surface area contributed by atoms with Gasteiger partial charge in [-0.25, -0.2) is 0 Å². The molecule has 1 aromatic carbocycles. The number of methoxy groups -OCH3 is 2. The molecule has 2 N–H and O–H groups in total. The summed E-state index contributed by atoms with van der Waals surface area (Å²) in [6.07, 6.45) is 0. The normalized spacial score (nSPS) is 15.4. The Kier molecular flexibility index (Phi) is 6.04. The van der Waals surface area contributed by atoms with Crippen molar-refractivity contribution in [2.45, 2.75) is 19.4 Å². The van der Waals surface area contributed by atoms with E-state index in [4.69, 9.17) is 19.9 Å². The number of aryl methyl sites for hydroxylation is 1. The molecule has 0 bridgehead atoms. The van der Waals surface area contributed by atoms with Crippen molar-refractivity contribution in [3.8, 4) is 23.3 Å². The number of allylic oxidation sites excluding steroid dienone is 1. The van der Waals surface area contributed by atoms with Gasteiger partial charge in [0.05, 0.1) is 25.7 Å². The molecule has 0 saturated heterocycles. The summed E-state index contributed by atoms with van der Waals surface area (Å²) in [6, 6.07) is 9.22. The molecule has 3 rings (SSSR count). The molecule has 2 aromatic rings. The van der Waals surface area contributed by atoms with Crippen LogP contribution in [0.5, 0.6) is 17.2 Å². The summed E-state index contributed by atoms with van der Waals surface area (Å²) in [5, 5.41) is 9.80. The molecular weight excluding hydrogens is 384 g/mol. The predicted octanol–water partition coefficient (Wildman–Crippen LogP) is 1.95. The van der Waals surface area contributed by atoms with Crippen LogP contribution >= 0.6 is 0 Å². The zero-order chi connectivity index (χ0) is 22.0. The van der Waals surface area contributed by atoms with Crippen LogP contribution in [0, 0.1) is 18.3 Å². The maximum absolute atomic E-state index is 13.5. The number of pyridine rings is 1. The maximum Gasteiger partial charge on any atom is 0.258 e. The molecule has 30 heavy (non-hydrogen) atoms. The minimum Gasteiger partial charge on any atom is -0.493 e. The first-order valence-corrected chi connectivity index (χ1v) is 9.50. The first kappa shape index (κ1) is 21.3. The first-order valence-electron chi connectivity index (χ1n) is 9.50. The lowest BCUT2D eigenvalue weighted by molar-refractivity contribution is 0.354. The SMILES string of the molecule is COc1ccc(C2C(C#N)=C(N)Oc3cc(C)n(CCN(C)C)c(=O)c32)cc1OC. The number of hydrogen-bond donors (Lipinski definition) is 1. The minimum absolute atomic E-state index is 0.00498. The third-order valence-electron chi connectivity index (χ3n) is 5.20. The van der Waals surface area contributed by atoms with Crippen LogP contribution in [0.4, 0.5) is 0 Å². The summed E-state index contributed by atoms with van der Waals surface area (Å²) < 4.78 is 18.1. The van der Waals surface area contributed by atoms with Gasteiger partial charge in [0.15, 0.2) is 11.5 Å². The van der Waals surface area contributed by atoms with Crippen LogP contribution in [0.1, 0.15) is 22.7 Å². The van der Waals surface area contributed by atoms with Crippen molar-refractivity contribution in [2.75, 3.05) is 34.9 Å². The van der Waals surface area contributed by atoms with Gasteiger partial charge < -0.3 is 29.4 Å². The molecule has 2 heterocycles. The molecule has 0 spiro atoms. The van der Waals surface area contributed by atoms with E-state index in [0.29, 0.717) is 41.5 Å². The van der Waals surface area contributed by atoms with E-state index in [9.17, 15) is 10.1 Å². The Morgan fingerprint density at radius 1 is 1.23 bits per heavy atom. The maximum atomic E-state index is 13.5. The molecule has 1 atom stereocenters. The van der Waals surface area contributed by atoms with Crippen LogP contribution in [0.15, 0.2) is 40.5 Å². The molecule has 0 fully saturated rings. The first-order chi connectivity index (χ1) is 14.3. The number of fused-ring (bicyclic) bond motifs is 1. The van der Waals surface area contributed by atoms with Gasteiger partial charge in [-0.3, -0.25) is 4.79 Å². The number of likely N-dealkylation sites (N-methyl/N-ethyl adjacent to an activating group) is 1. The molecule has 1 aliphatic heterocycles. The average Bonchev–Trinajstić information content (AvgIpc) is 2.71. The monoisotopic (exact) mass is 410 g/mol. The van der Waals surface area contributed by atoms with Crippen molar-refractivity contribution in [2.24, 2.45) is 5.73 Å². The summed E-state index contributed by atoms with van der Waals surface area (Å²) in [5.74, 6) is 0.747. The van der Waals surface area contributed by atoms with Gasteiger partial charge in [-0.2, -0.15) is 5.26 Å². The molecule has 1 aromatic heterocycles. The van der Waals surface area contributed by atoms with Gasteiger partial charge in [-0.15, -0.1) is 0 Å². The Bertz CT molecular complexity index is 1100. The largest absolute Gasteiger partial charge is 0.493 e. The highest BCUT2D eigenvalue weighted by Crippen LogP contribution is 2.42. The summed E-state index contributed by atoms with van der Waals surface area (Å²) in [7, 11) is 6.98. The van der Waals surface area contributed by atoms with Crippen molar-refractivity contribution in [1.29, 1.82) is 5.26 Å². The number of nitriles is 1. The molecular formula is C22H26N4O4. The minimum atomic E-state index is -0.669. The van der Waals surface area contributed by atoms with Gasteiger partial charge in [0.1, 0.15) is 17.4 Å². The highest BCUT2D eigenvalue weighted by Gasteiger charge is 2.34. The van der Waals surface area contributed by atoms with Crippen molar-refractivity contribution in [3.05, 3.63) is 62.9 Å². The van der Waals surface area contributed by atoms with Crippen molar-refractivity contribution in [3.63, 3.8) is 0 Å². The van der Waals surface area contributed by atoms with Gasteiger partial charge in [-0.1, -0.05) is 6.07 Å². The number of rotatable bonds is 6. The van der Waals surface area contributed by atoms with Gasteiger partial charge in [0.25, 0.3) is 5.56 Å². The lowest BCUT2D eigenvalue weighted by atomic mass is 9.84. The van der Waals surface area contributed by atoms with E-state index in [2.05, 4.69) is 6.07 Å². The number of aromatic nitrogens is 1. The van der Waals surface area contributed by atoms with Gasteiger partial charge in [0.2, 0.25) is 5.88 Å². The second-order valence-corrected chi connectivity index (χ2v) is 7.36. The Morgan fingerprint density at radius 3 is 2.53 bits per heavy atom. The Balaban J connectivity index is 2.25. The zero-order valence-electron chi connectivity index (χ0n) is 17.9. The van der Waals surface area contributed by atoms with Crippen LogP contribution in [-0.2, 0) is 6.54 Å². The Morgan fingerprint density at radius 2 is 1.93 bits per heavy atom. The average molecular weight is 410 g/mol. The highest BCUT2D eigenvalue weighted by atomic mass is 16.5. The second kappa shape index (κ2) is 8.51. The fraction of sp³-hybridized carbons (Fsp3) is 0.364. The van der Waals surface area contributed by atoms with E-state index in [1.54, 1.807) is 35.9 Å². The number of benzene rings is 1. The molecule has 0 radical (unpaired) electrons. The van der Waals surface area contributed by atoms with Gasteiger partial charge in [0, 0.05) is 24.8 Å². The van der Waals surface area contributed by atoms with Crippen LogP contribution in [-0.4, -0.2) is 44.3 Å². The quantitative estimate of drug-likeness (QED) is 0.776. The highest BCUT2D eigenvalue weighted by molar-refractivity contribution is 5.57. The summed E-state index contributed by atoms with van der Waals surface area (Å²) in [5.41, 5.74) is 7.89. The predicted molar refractivity (Wildman–Crippen MR) is 113 cm³/mol. The Hall–Kier alpha value is -3.44. The number of nitrogens with two attached hydrogens (primary N) is 1. The second-order valence-electron chi connectivity index (χ2n) is 7.36. The lowest BCUT2D eigenvalue weighted by Gasteiger charge is -2.28. The van der Waals surface area contributed by atoms with Gasteiger partial charge in [-0.05, 0) is 38.7 Å². The summed E-state index contributed by atoms with van der Waals surface area (Å²) >= 11 is 0. The third kappa shape index (κ3) is 3.72. The van der Waals surface area contributed by atoms with Crippen molar-refractivity contribution in [1.82, 2.24) is 9.47 Å². The van der Waals surface area contributed by atoms with E-state index < -0.39 is 5.92 Å². The van der Waals surface area contributed by atoms with E-state index in [-0.39, 0.29) is 17.0 Å². The van der Waals surface area contributed by atoms with Crippen molar-refractivity contribution >= 4 is 0 Å². The number of nitrogens with zero attached hydrogens (tertiary/aromatic N) is 3. The fourth-order valence-electron chi connectivity index (χ4n) is 3.63. The van der Waals surface area contributed by atoms with E-state index in [0.717, 1.165) is 5.69 Å². The molecule has 0 amide bonds. The molecule has 0 saturated carbocycles. The van der Waals surface area contributed by atoms with Crippen LogP contribution < -0.4 is 25.5 Å². The standard InChI is InChI=1S/C22H26N4O4/c1-13-10-18-20(22(27)26(13)9-8-25(2)3)19(15(12-23)21(24)30-18)14-6-7-16(28-4)17(11-14)29-5/h6-7,10-11,19H,8-9,24H2,1-5H3. The third-order valence-corrected chi connectivity index (χ3v) is 5.20. The smallest absolute Gasteiger partial charge is 0.258 e. The molecule has 8 nitrogen and oxygen atoms in total. The van der Waals surface area contributed by atoms with E-state index in [1.165, 1.54) is 7.11 Å². The number of ether oxygens (including phenoxy) is 3. The molecule has 8 heteroatoms. The topological polar surface area (TPSA) is 103 Å². The lowest BCUT2D eigenvalue weighted by Crippen LogP contribution is -2.34. The van der Waals surface area contributed by atoms with Crippen LogP contribution in [0.3, 0.4) is 0 Å². The van der Waals surface area contributed by atoms with Crippen LogP contribution in [0.25, 0.3) is 0 Å². The Labute approximate surface area is 175 Å². The van der Waals surface area contributed by atoms with Gasteiger partial charge >= 0.3 is 0 Å². The van der Waals surface area contributed by atoms with E-state index in [1.807, 2.05) is 25.9 Å². The molecule has 1 aliphatic rings. The molecule has 1 unspecified atom stereocenters. The zero-order valence-corrected chi connectivity index (χ0v) is 17.9. The van der Waals surface area contributed by atoms with Crippen LogP contribution in [0.2, 0.25) is 0 Å². The summed E-state index contributed by atoms with van der Waals surface area (Å²) in [6.45, 7) is 3.07. The fourth-order valence-corrected chi connectivity index (χ4v) is 3.63. The molecule has 158 valence electrons. The number of hydrogen-bond acceptors (Lipinski definition) is 7.